The molecule has 5 nitrogen and oxygen atoms in total. The van der Waals surface area contributed by atoms with Gasteiger partial charge in [0, 0.05) is 11.6 Å². The minimum Gasteiger partial charge on any atom is -0.475 e. The maximum Gasteiger partial charge on any atom is 0.490 e. The zero-order valence-electron chi connectivity index (χ0n) is 15.5. The number of piperidine rings is 1. The number of hydrogen-bond donors (Lipinski definition) is 3. The molecular weight excluding hydrogens is 373 g/mol. The van der Waals surface area contributed by atoms with E-state index in [9.17, 15) is 18.0 Å². The number of nitrogens with two attached hydrogens (primary N) is 1. The molecule has 4 N–H and O–H groups in total. The molecule has 28 heavy (non-hydrogen) atoms. The van der Waals surface area contributed by atoms with Crippen molar-refractivity contribution in [3.8, 4) is 0 Å². The lowest BCUT2D eigenvalue weighted by molar-refractivity contribution is -0.192. The summed E-state index contributed by atoms with van der Waals surface area (Å²) in [5, 5.41) is 10.8. The zero-order chi connectivity index (χ0) is 20.7. The first-order valence-electron chi connectivity index (χ1n) is 9.31. The van der Waals surface area contributed by atoms with E-state index in [1.165, 1.54) is 25.7 Å². The standard InChI is InChI=1S/C18H24N2O.C2HF3O2/c19-18(21)16-9-5-4-8-15(16)14-10-11-20-17(12-14)13-6-2-1-3-7-13;3-2(4,5)1(6)7/h4-6,8-9,14,17,20H,1-3,7,10-12H2,(H2,19,21);(H,6,7). The molecule has 0 aromatic heterocycles. The summed E-state index contributed by atoms with van der Waals surface area (Å²) in [5.41, 5.74) is 8.93. The van der Waals surface area contributed by atoms with Gasteiger partial charge in [-0.3, -0.25) is 4.79 Å². The van der Waals surface area contributed by atoms with Gasteiger partial charge in [0.2, 0.25) is 5.91 Å². The molecule has 1 amide bonds. The van der Waals surface area contributed by atoms with Crippen molar-refractivity contribution >= 4 is 11.9 Å². The monoisotopic (exact) mass is 398 g/mol. The number of alkyl halides is 3. The van der Waals surface area contributed by atoms with Crippen molar-refractivity contribution in [3.05, 3.63) is 47.0 Å². The van der Waals surface area contributed by atoms with E-state index in [2.05, 4.69) is 17.5 Å². The third-order valence-electron chi connectivity index (χ3n) is 5.09. The molecule has 1 aliphatic heterocycles. The van der Waals surface area contributed by atoms with Crippen LogP contribution in [-0.4, -0.2) is 35.7 Å². The summed E-state index contributed by atoms with van der Waals surface area (Å²) in [6.45, 7) is 1.01. The second-order valence-electron chi connectivity index (χ2n) is 7.01. The normalized spacial score (nSPS) is 22.5. The summed E-state index contributed by atoms with van der Waals surface area (Å²) in [7, 11) is 0. The average Bonchev–Trinajstić information content (AvgIpc) is 2.68. The number of carbonyl (C=O) groups is 2. The number of carboxylic acids is 1. The fourth-order valence-corrected chi connectivity index (χ4v) is 3.74. The predicted molar refractivity (Wildman–Crippen MR) is 99.0 cm³/mol. The van der Waals surface area contributed by atoms with E-state index in [1.807, 2.05) is 18.2 Å². The molecule has 2 aliphatic rings. The van der Waals surface area contributed by atoms with Crippen LogP contribution in [0.5, 0.6) is 0 Å². The average molecular weight is 398 g/mol. The van der Waals surface area contributed by atoms with Gasteiger partial charge in [-0.05, 0) is 62.6 Å². The van der Waals surface area contributed by atoms with Crippen LogP contribution < -0.4 is 11.1 Å². The molecule has 1 fully saturated rings. The Bertz CT molecular complexity index is 732. The number of halogens is 3. The first-order valence-corrected chi connectivity index (χ1v) is 9.31. The van der Waals surface area contributed by atoms with Crippen molar-refractivity contribution in [2.75, 3.05) is 6.54 Å². The summed E-state index contributed by atoms with van der Waals surface area (Å²) in [5.74, 6) is -2.63. The third kappa shape index (κ3) is 6.09. The first kappa shape index (κ1) is 21.9. The summed E-state index contributed by atoms with van der Waals surface area (Å²) >= 11 is 0. The van der Waals surface area contributed by atoms with Crippen LogP contribution in [-0.2, 0) is 4.79 Å². The molecule has 3 rings (SSSR count). The number of benzene rings is 1. The summed E-state index contributed by atoms with van der Waals surface area (Å²) in [6, 6.07) is 8.31. The summed E-state index contributed by atoms with van der Waals surface area (Å²) < 4.78 is 31.7. The Hall–Kier alpha value is -2.35. The number of aliphatic carboxylic acids is 1. The van der Waals surface area contributed by atoms with Crippen LogP contribution in [0.15, 0.2) is 35.9 Å². The number of carbonyl (C=O) groups excluding carboxylic acids is 1. The van der Waals surface area contributed by atoms with Crippen LogP contribution in [0.1, 0.15) is 60.4 Å². The molecule has 1 aromatic carbocycles. The molecule has 0 spiro atoms. The Labute approximate surface area is 161 Å². The molecule has 1 saturated heterocycles. The maximum absolute atomic E-state index is 11.6. The van der Waals surface area contributed by atoms with Gasteiger partial charge >= 0.3 is 12.1 Å². The molecule has 1 aromatic rings. The lowest BCUT2D eigenvalue weighted by Crippen LogP contribution is -2.39. The zero-order valence-corrected chi connectivity index (χ0v) is 15.5. The van der Waals surface area contributed by atoms with Gasteiger partial charge in [0.25, 0.3) is 0 Å². The Morgan fingerprint density at radius 2 is 1.86 bits per heavy atom. The van der Waals surface area contributed by atoms with Gasteiger partial charge in [-0.25, -0.2) is 4.79 Å². The minimum atomic E-state index is -5.08. The Kier molecular flexibility index (Phi) is 7.62. The van der Waals surface area contributed by atoms with E-state index in [1.54, 1.807) is 5.57 Å². The quantitative estimate of drug-likeness (QED) is 0.676. The van der Waals surface area contributed by atoms with Crippen molar-refractivity contribution in [2.45, 2.75) is 56.7 Å². The van der Waals surface area contributed by atoms with Crippen LogP contribution in [0.3, 0.4) is 0 Å². The minimum absolute atomic E-state index is 0.308. The summed E-state index contributed by atoms with van der Waals surface area (Å²) in [4.78, 5) is 20.5. The van der Waals surface area contributed by atoms with Gasteiger partial charge in [-0.15, -0.1) is 0 Å². The van der Waals surface area contributed by atoms with Crippen LogP contribution in [0.4, 0.5) is 13.2 Å². The van der Waals surface area contributed by atoms with Gasteiger partial charge in [0.15, 0.2) is 0 Å². The van der Waals surface area contributed by atoms with Crippen LogP contribution in [0.2, 0.25) is 0 Å². The van der Waals surface area contributed by atoms with Crippen molar-refractivity contribution in [1.82, 2.24) is 5.32 Å². The largest absolute Gasteiger partial charge is 0.490 e. The highest BCUT2D eigenvalue weighted by atomic mass is 19.4. The van der Waals surface area contributed by atoms with E-state index < -0.39 is 12.1 Å². The molecule has 0 saturated carbocycles. The highest BCUT2D eigenvalue weighted by molar-refractivity contribution is 5.94. The van der Waals surface area contributed by atoms with Crippen molar-refractivity contribution in [2.24, 2.45) is 5.73 Å². The maximum atomic E-state index is 11.6. The highest BCUT2D eigenvalue weighted by Crippen LogP contribution is 2.34. The van der Waals surface area contributed by atoms with E-state index in [4.69, 9.17) is 15.6 Å². The number of carboxylic acid groups (broad SMARTS) is 1. The molecule has 0 bridgehead atoms. The van der Waals surface area contributed by atoms with Crippen molar-refractivity contribution in [3.63, 3.8) is 0 Å². The Morgan fingerprint density at radius 3 is 2.43 bits per heavy atom. The van der Waals surface area contributed by atoms with Crippen molar-refractivity contribution in [1.29, 1.82) is 0 Å². The molecular formula is C20H25F3N2O3. The number of allylic oxidation sites excluding steroid dienone is 1. The van der Waals surface area contributed by atoms with Crippen LogP contribution >= 0.6 is 0 Å². The first-order chi connectivity index (χ1) is 13.2. The molecule has 0 radical (unpaired) electrons. The van der Waals surface area contributed by atoms with Crippen molar-refractivity contribution < 1.29 is 27.9 Å². The Morgan fingerprint density at radius 1 is 1.18 bits per heavy atom. The Balaban J connectivity index is 0.000000345. The molecule has 2 atom stereocenters. The van der Waals surface area contributed by atoms with Gasteiger partial charge in [-0.1, -0.05) is 29.8 Å². The summed E-state index contributed by atoms with van der Waals surface area (Å²) in [6.07, 6.45) is 4.57. The highest BCUT2D eigenvalue weighted by Gasteiger charge is 2.38. The van der Waals surface area contributed by atoms with Crippen LogP contribution in [0.25, 0.3) is 0 Å². The smallest absolute Gasteiger partial charge is 0.475 e. The lowest BCUT2D eigenvalue weighted by atomic mass is 9.80. The van der Waals surface area contributed by atoms with E-state index in [0.717, 1.165) is 24.9 Å². The fourth-order valence-electron chi connectivity index (χ4n) is 3.74. The van der Waals surface area contributed by atoms with Gasteiger partial charge in [-0.2, -0.15) is 13.2 Å². The number of hydrogen-bond acceptors (Lipinski definition) is 3. The molecule has 154 valence electrons. The fraction of sp³-hybridized carbons (Fsp3) is 0.500. The second kappa shape index (κ2) is 9.73. The molecule has 2 unspecified atom stereocenters. The number of nitrogens with one attached hydrogen (secondary N) is 1. The van der Waals surface area contributed by atoms with Crippen LogP contribution in [0, 0.1) is 0 Å². The van der Waals surface area contributed by atoms with Gasteiger partial charge < -0.3 is 16.2 Å². The molecule has 1 heterocycles. The predicted octanol–water partition coefficient (Wildman–Crippen LogP) is 3.75. The lowest BCUT2D eigenvalue weighted by Gasteiger charge is -2.34. The number of amides is 1. The number of rotatable bonds is 3. The molecule has 1 aliphatic carbocycles. The third-order valence-corrected chi connectivity index (χ3v) is 5.09. The van der Waals surface area contributed by atoms with E-state index in [-0.39, 0.29) is 5.91 Å². The topological polar surface area (TPSA) is 92.4 Å². The van der Waals surface area contributed by atoms with E-state index in [0.29, 0.717) is 17.5 Å². The van der Waals surface area contributed by atoms with Gasteiger partial charge in [0.1, 0.15) is 0 Å². The van der Waals surface area contributed by atoms with Gasteiger partial charge in [0.05, 0.1) is 0 Å². The number of primary amides is 1. The molecule has 8 heteroatoms. The SMILES string of the molecule is NC(=O)c1ccccc1C1CCNC(C2=CCCCC2)C1.O=C(O)C(F)(F)F. The second-order valence-corrected chi connectivity index (χ2v) is 7.01. The van der Waals surface area contributed by atoms with E-state index >= 15 is 0 Å².